The number of unbranched alkanes of at least 4 members (excludes halogenated alkanes) is 2. The van der Waals surface area contributed by atoms with Crippen LogP contribution in [0.3, 0.4) is 0 Å². The lowest BCUT2D eigenvalue weighted by atomic mass is 9.96. The Morgan fingerprint density at radius 1 is 0.400 bits per heavy atom. The lowest BCUT2D eigenvalue weighted by Gasteiger charge is -2.29. The standard InChI is InChI=1S/C54H104N16O10/c1-11-35(10)45(53(80)67-36(17-12-14-22-55)47(74)61-26-21-44(72)64-40(28-32(4)5)50(77)68-39(46(58)73)27-31(2)3)70-49(76)38(19-16-25-62-54(59)60)65-48(75)37(18-13-15-23-56)66-52(79)42(30-34(8)9)69-51(78)41(29-33(6)7)63-43(71)20-24-57/h31-42,45H,11-30,55-57H2,1-10H3,(H2,58,73)(H,61,74)(H,63,71)(H,64,72)(H,65,75)(H,66,79)(H,67,80)(H,68,77)(H,69,78)(H,70,76)(H4,59,60,62)/t35-,36-,37-,38-,39-,40-,41-,42-,45-/m0/s1. The van der Waals surface area contributed by atoms with Gasteiger partial charge >= 0.3 is 0 Å². The van der Waals surface area contributed by atoms with Gasteiger partial charge in [-0.2, -0.15) is 0 Å². The Bertz CT molecular complexity index is 1970. The Morgan fingerprint density at radius 2 is 0.762 bits per heavy atom. The molecule has 0 spiro atoms. The highest BCUT2D eigenvalue weighted by Crippen LogP contribution is 2.15. The zero-order valence-corrected chi connectivity index (χ0v) is 49.6. The Labute approximate surface area is 475 Å². The molecule has 0 aromatic rings. The van der Waals surface area contributed by atoms with Crippen LogP contribution in [0.1, 0.15) is 166 Å². The maximum Gasteiger partial charge on any atom is 0.243 e. The number of carbonyl (C=O) groups is 10. The second-order valence-electron chi connectivity index (χ2n) is 22.4. The number of rotatable bonds is 43. The minimum Gasteiger partial charge on any atom is -0.370 e. The van der Waals surface area contributed by atoms with E-state index < -0.39 is 113 Å². The Morgan fingerprint density at radius 3 is 1.18 bits per heavy atom. The minimum absolute atomic E-state index is 0.00366. The number of nitrogens with one attached hydrogen (secondary N) is 9. The first kappa shape index (κ1) is 73.8. The summed E-state index contributed by atoms with van der Waals surface area (Å²) in [4.78, 5) is 140. The third kappa shape index (κ3) is 32.2. The predicted octanol–water partition coefficient (Wildman–Crippen LogP) is -1.25. The average molecular weight is 1140 g/mol. The van der Waals surface area contributed by atoms with E-state index in [9.17, 15) is 47.9 Å². The summed E-state index contributed by atoms with van der Waals surface area (Å²) in [5.74, 6) is -6.99. The first-order valence-corrected chi connectivity index (χ1v) is 28.7. The maximum atomic E-state index is 14.4. The minimum atomic E-state index is -1.30. The van der Waals surface area contributed by atoms with E-state index in [1.54, 1.807) is 6.92 Å². The van der Waals surface area contributed by atoms with Gasteiger partial charge in [-0.3, -0.25) is 52.9 Å². The summed E-state index contributed by atoms with van der Waals surface area (Å²) in [5.41, 5.74) is 33.8. The summed E-state index contributed by atoms with van der Waals surface area (Å²) in [6.07, 6.45) is 3.53. The molecule has 0 fully saturated rings. The summed E-state index contributed by atoms with van der Waals surface area (Å²) in [7, 11) is 0. The molecular formula is C54H104N16O10. The Kier molecular flexibility index (Phi) is 37.8. The van der Waals surface area contributed by atoms with Gasteiger partial charge in [-0.25, -0.2) is 0 Å². The van der Waals surface area contributed by atoms with Gasteiger partial charge in [0.05, 0.1) is 0 Å². The highest BCUT2D eigenvalue weighted by atomic mass is 16.2. The van der Waals surface area contributed by atoms with Gasteiger partial charge in [-0.15, -0.1) is 0 Å². The molecule has 9 atom stereocenters. The molecule has 0 heterocycles. The fraction of sp³-hybridized carbons (Fsp3) is 0.796. The first-order valence-electron chi connectivity index (χ1n) is 28.7. The second kappa shape index (κ2) is 40.9. The van der Waals surface area contributed by atoms with Crippen LogP contribution in [0.25, 0.3) is 0 Å². The summed E-state index contributed by atoms with van der Waals surface area (Å²) < 4.78 is 0. The quantitative estimate of drug-likeness (QED) is 0.0193. The van der Waals surface area contributed by atoms with E-state index in [0.29, 0.717) is 51.6 Å². The molecule has 0 rings (SSSR count). The fourth-order valence-corrected chi connectivity index (χ4v) is 8.52. The molecule has 0 saturated carbocycles. The molecule has 80 heavy (non-hydrogen) atoms. The number of hydrogen-bond acceptors (Lipinski definition) is 14. The number of nitrogens with two attached hydrogens (primary N) is 6. The van der Waals surface area contributed by atoms with Crippen LogP contribution in [0, 0.1) is 29.6 Å². The van der Waals surface area contributed by atoms with Gasteiger partial charge in [0, 0.05) is 32.5 Å². The van der Waals surface area contributed by atoms with Crippen molar-refractivity contribution >= 4 is 65.0 Å². The van der Waals surface area contributed by atoms with Crippen LogP contribution in [-0.2, 0) is 47.9 Å². The molecule has 0 unspecified atom stereocenters. The number of nitrogens with zero attached hydrogens (tertiary/aromatic N) is 1. The van der Waals surface area contributed by atoms with Crippen molar-refractivity contribution in [2.24, 2.45) is 69.0 Å². The third-order valence-corrected chi connectivity index (χ3v) is 13.0. The van der Waals surface area contributed by atoms with E-state index in [-0.39, 0.29) is 107 Å². The number of guanidine groups is 1. The number of aliphatic imine (C=N–C) groups is 1. The summed E-state index contributed by atoms with van der Waals surface area (Å²) in [6.45, 7) is 19.2. The molecule has 26 heteroatoms. The third-order valence-electron chi connectivity index (χ3n) is 13.0. The lowest BCUT2D eigenvalue weighted by Crippen LogP contribution is -2.60. The number of carbonyl (C=O) groups excluding carboxylic acids is 10. The van der Waals surface area contributed by atoms with Gasteiger partial charge < -0.3 is 82.3 Å². The normalized spacial score (nSPS) is 14.7. The van der Waals surface area contributed by atoms with Crippen molar-refractivity contribution in [2.45, 2.75) is 214 Å². The molecule has 0 radical (unpaired) electrons. The molecule has 0 aliphatic rings. The van der Waals surface area contributed by atoms with E-state index in [4.69, 9.17) is 34.4 Å². The van der Waals surface area contributed by atoms with E-state index >= 15 is 0 Å². The molecule has 26 nitrogen and oxygen atoms in total. The topological polar surface area (TPSA) is 447 Å². The molecule has 21 N–H and O–H groups in total. The largest absolute Gasteiger partial charge is 0.370 e. The molecule has 0 aliphatic heterocycles. The van der Waals surface area contributed by atoms with Gasteiger partial charge in [-0.1, -0.05) is 75.7 Å². The van der Waals surface area contributed by atoms with Crippen LogP contribution in [-0.4, -0.2) is 146 Å². The van der Waals surface area contributed by atoms with Crippen molar-refractivity contribution in [2.75, 3.05) is 32.7 Å². The second-order valence-corrected chi connectivity index (χ2v) is 22.4. The van der Waals surface area contributed by atoms with Crippen molar-refractivity contribution in [1.82, 2.24) is 47.9 Å². The summed E-state index contributed by atoms with van der Waals surface area (Å²) in [6, 6.07) is -8.84. The van der Waals surface area contributed by atoms with Gasteiger partial charge in [0.25, 0.3) is 0 Å². The molecule has 0 bridgehead atoms. The van der Waals surface area contributed by atoms with Crippen molar-refractivity contribution in [1.29, 1.82) is 0 Å². The predicted molar refractivity (Wildman–Crippen MR) is 309 cm³/mol. The number of primary amides is 1. The van der Waals surface area contributed by atoms with E-state index in [1.807, 2.05) is 62.3 Å². The van der Waals surface area contributed by atoms with E-state index in [2.05, 4.69) is 52.8 Å². The Balaban J connectivity index is 6.68. The van der Waals surface area contributed by atoms with Gasteiger partial charge in [-0.05, 0) is 120 Å². The van der Waals surface area contributed by atoms with Crippen molar-refractivity contribution in [3.05, 3.63) is 0 Å². The van der Waals surface area contributed by atoms with Crippen molar-refractivity contribution < 1.29 is 47.9 Å². The molecule has 0 saturated heterocycles. The van der Waals surface area contributed by atoms with Crippen LogP contribution in [0.5, 0.6) is 0 Å². The van der Waals surface area contributed by atoms with Gasteiger partial charge in [0.2, 0.25) is 59.1 Å². The van der Waals surface area contributed by atoms with Crippen LogP contribution < -0.4 is 82.3 Å². The molecule has 0 aliphatic carbocycles. The lowest BCUT2D eigenvalue weighted by molar-refractivity contribution is -0.136. The van der Waals surface area contributed by atoms with Gasteiger partial charge in [0.1, 0.15) is 48.3 Å². The number of hydrogen-bond donors (Lipinski definition) is 15. The zero-order valence-electron chi connectivity index (χ0n) is 49.6. The monoisotopic (exact) mass is 1140 g/mol. The van der Waals surface area contributed by atoms with E-state index in [1.165, 1.54) is 0 Å². The summed E-state index contributed by atoms with van der Waals surface area (Å²) >= 11 is 0. The number of amides is 10. The van der Waals surface area contributed by atoms with Crippen molar-refractivity contribution in [3.8, 4) is 0 Å². The Hall–Kier alpha value is -6.15. The van der Waals surface area contributed by atoms with Crippen LogP contribution in [0.4, 0.5) is 0 Å². The molecule has 460 valence electrons. The van der Waals surface area contributed by atoms with Crippen LogP contribution in [0.15, 0.2) is 4.99 Å². The van der Waals surface area contributed by atoms with Crippen LogP contribution >= 0.6 is 0 Å². The molecule has 0 aromatic heterocycles. The zero-order chi connectivity index (χ0) is 61.1. The summed E-state index contributed by atoms with van der Waals surface area (Å²) in [5, 5.41) is 24.7. The maximum absolute atomic E-state index is 14.4. The highest BCUT2D eigenvalue weighted by molar-refractivity contribution is 5.97. The molecule has 10 amide bonds. The van der Waals surface area contributed by atoms with E-state index in [0.717, 1.165) is 0 Å². The van der Waals surface area contributed by atoms with Crippen molar-refractivity contribution in [3.63, 3.8) is 0 Å². The molecular weight excluding hydrogens is 1030 g/mol. The molecule has 0 aromatic carbocycles. The SMILES string of the molecule is CC[C@H](C)[C@H](NC(=O)[C@H](CCCN=C(N)N)NC(=O)[C@H](CCCCN)NC(=O)[C@H](CC(C)C)NC(=O)[C@H](CC(C)C)NC(=O)CCN)C(=O)N[C@@H](CCCCN)C(=O)NCCC(=O)N[C@@H](CC(C)C)C(=O)N[C@@H](CC(C)C)C(N)=O. The average Bonchev–Trinajstić information content (AvgIpc) is 3.36. The first-order chi connectivity index (χ1) is 37.6. The highest BCUT2D eigenvalue weighted by Gasteiger charge is 2.35. The fourth-order valence-electron chi connectivity index (χ4n) is 8.52. The van der Waals surface area contributed by atoms with Crippen LogP contribution in [0.2, 0.25) is 0 Å². The van der Waals surface area contributed by atoms with Gasteiger partial charge in [0.15, 0.2) is 5.96 Å². The smallest absolute Gasteiger partial charge is 0.243 e.